The van der Waals surface area contributed by atoms with Crippen molar-refractivity contribution in [3.8, 4) is 0 Å². The molecule has 0 spiro atoms. The third-order valence-electron chi connectivity index (χ3n) is 4.73. The van der Waals surface area contributed by atoms with E-state index in [9.17, 15) is 4.79 Å². The summed E-state index contributed by atoms with van der Waals surface area (Å²) >= 11 is 0. The summed E-state index contributed by atoms with van der Waals surface area (Å²) < 4.78 is 0. The molecule has 1 atom stereocenters. The van der Waals surface area contributed by atoms with Gasteiger partial charge in [-0.1, -0.05) is 32.1 Å². The molecule has 1 saturated heterocycles. The maximum absolute atomic E-state index is 11.8. The molecule has 19 heavy (non-hydrogen) atoms. The normalized spacial score (nSPS) is 25.2. The third-order valence-corrected chi connectivity index (χ3v) is 4.73. The van der Waals surface area contributed by atoms with Crippen LogP contribution in [0, 0.1) is 11.8 Å². The summed E-state index contributed by atoms with van der Waals surface area (Å²) in [6, 6.07) is 0. The van der Waals surface area contributed by atoms with E-state index < -0.39 is 0 Å². The van der Waals surface area contributed by atoms with Crippen LogP contribution in [0.25, 0.3) is 0 Å². The highest BCUT2D eigenvalue weighted by atomic mass is 16.1. The first-order valence-electron chi connectivity index (χ1n) is 8.32. The fourth-order valence-corrected chi connectivity index (χ4v) is 3.47. The number of piperidine rings is 1. The summed E-state index contributed by atoms with van der Waals surface area (Å²) in [5, 5.41) is 6.50. The van der Waals surface area contributed by atoms with Gasteiger partial charge in [-0.2, -0.15) is 0 Å². The Morgan fingerprint density at radius 1 is 1.05 bits per heavy atom. The minimum Gasteiger partial charge on any atom is -0.356 e. The Balaban J connectivity index is 1.49. The topological polar surface area (TPSA) is 41.1 Å². The molecule has 110 valence electrons. The van der Waals surface area contributed by atoms with Crippen molar-refractivity contribution in [3.63, 3.8) is 0 Å². The Morgan fingerprint density at radius 3 is 2.58 bits per heavy atom. The van der Waals surface area contributed by atoms with Crippen molar-refractivity contribution in [2.75, 3.05) is 19.6 Å². The Hall–Kier alpha value is -0.570. The summed E-state index contributed by atoms with van der Waals surface area (Å²) in [4.78, 5) is 11.8. The van der Waals surface area contributed by atoms with Gasteiger partial charge >= 0.3 is 0 Å². The van der Waals surface area contributed by atoms with Gasteiger partial charge in [-0.25, -0.2) is 0 Å². The van der Waals surface area contributed by atoms with Crippen LogP contribution in [0.1, 0.15) is 64.2 Å². The van der Waals surface area contributed by atoms with Gasteiger partial charge in [0.1, 0.15) is 0 Å². The smallest absolute Gasteiger partial charge is 0.220 e. The van der Waals surface area contributed by atoms with Crippen LogP contribution >= 0.6 is 0 Å². The molecule has 1 amide bonds. The van der Waals surface area contributed by atoms with E-state index >= 15 is 0 Å². The number of nitrogens with one attached hydrogen (secondary N) is 2. The first-order valence-corrected chi connectivity index (χ1v) is 8.32. The maximum atomic E-state index is 11.8. The molecule has 0 bridgehead atoms. The highest BCUT2D eigenvalue weighted by molar-refractivity contribution is 5.75. The Labute approximate surface area is 117 Å². The average Bonchev–Trinajstić information content (AvgIpc) is 2.47. The van der Waals surface area contributed by atoms with Gasteiger partial charge in [0.2, 0.25) is 5.91 Å². The zero-order valence-electron chi connectivity index (χ0n) is 12.3. The van der Waals surface area contributed by atoms with Crippen molar-refractivity contribution >= 4 is 5.91 Å². The van der Waals surface area contributed by atoms with Gasteiger partial charge in [0.25, 0.3) is 0 Å². The first-order chi connectivity index (χ1) is 9.34. The molecule has 0 radical (unpaired) electrons. The lowest BCUT2D eigenvalue weighted by Gasteiger charge is -2.23. The van der Waals surface area contributed by atoms with E-state index in [-0.39, 0.29) is 5.91 Å². The van der Waals surface area contributed by atoms with Crippen LogP contribution in [0.4, 0.5) is 0 Å². The number of amides is 1. The van der Waals surface area contributed by atoms with Crippen LogP contribution in [-0.2, 0) is 4.79 Å². The summed E-state index contributed by atoms with van der Waals surface area (Å²) in [6.45, 7) is 3.09. The molecule has 2 aliphatic rings. The SMILES string of the molecule is O=C(CCCC1CCCCC1)NCC1CCCNC1. The van der Waals surface area contributed by atoms with Crippen molar-refractivity contribution in [3.05, 3.63) is 0 Å². The fourth-order valence-electron chi connectivity index (χ4n) is 3.47. The average molecular weight is 266 g/mol. The molecule has 2 rings (SSSR count). The lowest BCUT2D eigenvalue weighted by Crippen LogP contribution is -2.38. The molecule has 2 fully saturated rings. The number of hydrogen-bond acceptors (Lipinski definition) is 2. The second-order valence-corrected chi connectivity index (χ2v) is 6.41. The predicted octanol–water partition coefficient (Wildman–Crippen LogP) is 2.85. The van der Waals surface area contributed by atoms with Gasteiger partial charge < -0.3 is 10.6 Å². The Bertz CT molecular complexity index is 255. The zero-order valence-corrected chi connectivity index (χ0v) is 12.3. The third kappa shape index (κ3) is 5.94. The van der Waals surface area contributed by atoms with Crippen LogP contribution in [0.3, 0.4) is 0 Å². The lowest BCUT2D eigenvalue weighted by molar-refractivity contribution is -0.121. The standard InChI is InChI=1S/C16H30N2O/c19-16(18-13-15-9-5-11-17-12-15)10-4-8-14-6-2-1-3-7-14/h14-15,17H,1-13H2,(H,18,19). The van der Waals surface area contributed by atoms with Crippen LogP contribution in [0.5, 0.6) is 0 Å². The van der Waals surface area contributed by atoms with Crippen LogP contribution in [0.2, 0.25) is 0 Å². The Morgan fingerprint density at radius 2 is 1.84 bits per heavy atom. The van der Waals surface area contributed by atoms with E-state index in [4.69, 9.17) is 0 Å². The van der Waals surface area contributed by atoms with Gasteiger partial charge in [0, 0.05) is 13.0 Å². The summed E-state index contributed by atoms with van der Waals surface area (Å²) in [5.41, 5.74) is 0. The van der Waals surface area contributed by atoms with Crippen molar-refractivity contribution in [2.45, 2.75) is 64.2 Å². The lowest BCUT2D eigenvalue weighted by atomic mass is 9.86. The molecule has 1 saturated carbocycles. The molecule has 3 heteroatoms. The fraction of sp³-hybridized carbons (Fsp3) is 0.938. The number of carbonyl (C=O) groups is 1. The predicted molar refractivity (Wildman–Crippen MR) is 79.0 cm³/mol. The minimum atomic E-state index is 0.265. The number of hydrogen-bond donors (Lipinski definition) is 2. The van der Waals surface area contributed by atoms with E-state index in [1.54, 1.807) is 0 Å². The van der Waals surface area contributed by atoms with Crippen LogP contribution in [0.15, 0.2) is 0 Å². The van der Waals surface area contributed by atoms with Gasteiger partial charge in [0.15, 0.2) is 0 Å². The van der Waals surface area contributed by atoms with Crippen LogP contribution in [-0.4, -0.2) is 25.5 Å². The summed E-state index contributed by atoms with van der Waals surface area (Å²) in [5.74, 6) is 1.82. The van der Waals surface area contributed by atoms with E-state index in [0.29, 0.717) is 5.92 Å². The molecular weight excluding hydrogens is 236 g/mol. The molecule has 3 nitrogen and oxygen atoms in total. The monoisotopic (exact) mass is 266 g/mol. The first kappa shape index (κ1) is 14.8. The van der Waals surface area contributed by atoms with E-state index in [1.807, 2.05) is 0 Å². The second kappa shape index (κ2) is 8.57. The molecule has 1 aliphatic carbocycles. The highest BCUT2D eigenvalue weighted by Gasteiger charge is 2.15. The van der Waals surface area contributed by atoms with Crippen molar-refractivity contribution in [2.24, 2.45) is 11.8 Å². The minimum absolute atomic E-state index is 0.265. The molecule has 1 aliphatic heterocycles. The highest BCUT2D eigenvalue weighted by Crippen LogP contribution is 2.27. The summed E-state index contributed by atoms with van der Waals surface area (Å²) in [7, 11) is 0. The van der Waals surface area contributed by atoms with Gasteiger partial charge in [-0.15, -0.1) is 0 Å². The zero-order chi connectivity index (χ0) is 13.3. The van der Waals surface area contributed by atoms with Crippen LogP contribution < -0.4 is 10.6 Å². The molecule has 1 unspecified atom stereocenters. The molecule has 1 heterocycles. The van der Waals surface area contributed by atoms with Crippen molar-refractivity contribution in [1.29, 1.82) is 0 Å². The van der Waals surface area contributed by atoms with E-state index in [0.717, 1.165) is 38.4 Å². The maximum Gasteiger partial charge on any atom is 0.220 e. The van der Waals surface area contributed by atoms with Gasteiger partial charge in [-0.3, -0.25) is 4.79 Å². The molecule has 0 aromatic heterocycles. The number of rotatable bonds is 6. The van der Waals surface area contributed by atoms with E-state index in [2.05, 4.69) is 10.6 Å². The van der Waals surface area contributed by atoms with Gasteiger partial charge in [0.05, 0.1) is 0 Å². The molecule has 2 N–H and O–H groups in total. The van der Waals surface area contributed by atoms with Crippen molar-refractivity contribution < 1.29 is 4.79 Å². The molecule has 0 aromatic carbocycles. The summed E-state index contributed by atoms with van der Waals surface area (Å²) in [6.07, 6.45) is 12.6. The quantitative estimate of drug-likeness (QED) is 0.776. The Kier molecular flexibility index (Phi) is 6.69. The molecule has 0 aromatic rings. The number of carbonyl (C=O) groups excluding carboxylic acids is 1. The largest absolute Gasteiger partial charge is 0.356 e. The second-order valence-electron chi connectivity index (χ2n) is 6.41. The molecular formula is C16H30N2O. The van der Waals surface area contributed by atoms with Crippen molar-refractivity contribution in [1.82, 2.24) is 10.6 Å². The van der Waals surface area contributed by atoms with E-state index in [1.165, 1.54) is 51.4 Å². The van der Waals surface area contributed by atoms with Gasteiger partial charge in [-0.05, 0) is 50.6 Å².